The van der Waals surface area contributed by atoms with Crippen molar-refractivity contribution in [2.45, 2.75) is 30.0 Å². The number of anilines is 1. The maximum Gasteiger partial charge on any atom is 0.301 e. The number of carbonyl (C=O) groups excluding carboxylic acids is 2. The summed E-state index contributed by atoms with van der Waals surface area (Å²) in [5.41, 5.74) is 3.79. The van der Waals surface area contributed by atoms with Crippen LogP contribution in [0.5, 0.6) is 11.5 Å². The molecule has 6 rings (SSSR count). The van der Waals surface area contributed by atoms with Crippen molar-refractivity contribution in [2.24, 2.45) is 0 Å². The van der Waals surface area contributed by atoms with Gasteiger partial charge in [-0.05, 0) is 60.9 Å². The zero-order valence-electron chi connectivity index (χ0n) is 24.1. The van der Waals surface area contributed by atoms with Crippen LogP contribution in [-0.2, 0) is 15.3 Å². The highest BCUT2D eigenvalue weighted by Crippen LogP contribution is 2.46. The van der Waals surface area contributed by atoms with Crippen LogP contribution in [0, 0.1) is 13.8 Å². The van der Waals surface area contributed by atoms with Gasteiger partial charge in [-0.2, -0.15) is 0 Å². The van der Waals surface area contributed by atoms with Crippen LogP contribution in [-0.4, -0.2) is 50.6 Å². The summed E-state index contributed by atoms with van der Waals surface area (Å²) in [7, 11) is 3.01. The second-order valence-corrected chi connectivity index (χ2v) is 12.6. The largest absolute Gasteiger partial charge is 0.505 e. The second-order valence-electron chi connectivity index (χ2n) is 9.98. The number of aromatic nitrogens is 4. The summed E-state index contributed by atoms with van der Waals surface area (Å²) in [5.74, 6) is -0.609. The number of halogens is 1. The summed E-state index contributed by atoms with van der Waals surface area (Å²) < 4.78 is 13.4. The summed E-state index contributed by atoms with van der Waals surface area (Å²) in [6.07, 6.45) is 1.83. The van der Waals surface area contributed by atoms with E-state index in [4.69, 9.17) is 21.1 Å². The van der Waals surface area contributed by atoms with Gasteiger partial charge in [-0.3, -0.25) is 14.5 Å². The first-order valence-corrected chi connectivity index (χ1v) is 15.6. The molecule has 1 aliphatic heterocycles. The maximum absolute atomic E-state index is 13.7. The third kappa shape index (κ3) is 5.18. The highest BCUT2D eigenvalue weighted by molar-refractivity contribution is 8.00. The molecule has 1 aliphatic rings. The SMILES string of the molecule is COc1ccc(C2/C(=C(\O)c3nc4c(C)cccn4c3C)C(=O)C(=O)N2c2nnc(SCc3ccc(Cl)cc3)s2)cc1OC. The Labute approximate surface area is 265 Å². The Morgan fingerprint density at radius 3 is 2.50 bits per heavy atom. The fourth-order valence-corrected chi connectivity index (χ4v) is 7.08. The van der Waals surface area contributed by atoms with E-state index < -0.39 is 17.7 Å². The molecule has 1 unspecified atom stereocenters. The lowest BCUT2D eigenvalue weighted by atomic mass is 9.96. The minimum atomic E-state index is -1.04. The number of hydrogen-bond acceptors (Lipinski definition) is 10. The molecule has 0 aliphatic carbocycles. The number of carbonyl (C=O) groups is 2. The lowest BCUT2D eigenvalue weighted by molar-refractivity contribution is -0.132. The van der Waals surface area contributed by atoms with Crippen LogP contribution in [0.15, 0.2) is 70.7 Å². The van der Waals surface area contributed by atoms with E-state index in [9.17, 15) is 14.7 Å². The predicted octanol–water partition coefficient (Wildman–Crippen LogP) is 6.39. The number of ketones is 1. The Morgan fingerprint density at radius 2 is 1.80 bits per heavy atom. The molecule has 5 aromatic rings. The normalized spacial score (nSPS) is 16.2. The van der Waals surface area contributed by atoms with E-state index in [0.717, 1.165) is 11.1 Å². The molecule has 13 heteroatoms. The summed E-state index contributed by atoms with van der Waals surface area (Å²) in [5, 5.41) is 21.2. The van der Waals surface area contributed by atoms with Crippen molar-refractivity contribution in [3.05, 3.63) is 99.5 Å². The number of thioether (sulfide) groups is 1. The number of ether oxygens (including phenoxy) is 2. The lowest BCUT2D eigenvalue weighted by Crippen LogP contribution is -2.29. The number of methoxy groups -OCH3 is 2. The Hall–Kier alpha value is -4.39. The number of rotatable bonds is 8. The molecule has 224 valence electrons. The zero-order valence-corrected chi connectivity index (χ0v) is 26.5. The molecule has 2 aromatic carbocycles. The van der Waals surface area contributed by atoms with Crippen LogP contribution in [0.4, 0.5) is 5.13 Å². The van der Waals surface area contributed by atoms with E-state index in [1.54, 1.807) is 25.1 Å². The standard InChI is InChI=1S/C31H26ClN5O5S2/c1-16-6-5-13-36-17(2)24(33-28(16)36)26(38)23-25(19-9-12-21(41-3)22(14-19)42-4)37(29(40)27(23)39)30-34-35-31(44-30)43-15-18-7-10-20(32)11-8-18/h5-14,25,38H,15H2,1-4H3/b26-23+. The van der Waals surface area contributed by atoms with Gasteiger partial charge in [0.15, 0.2) is 21.6 Å². The van der Waals surface area contributed by atoms with Gasteiger partial charge in [0.1, 0.15) is 11.3 Å². The number of pyridine rings is 1. The second kappa shape index (κ2) is 11.9. The molecular formula is C31H26ClN5O5S2. The molecule has 1 N–H and O–H groups in total. The minimum Gasteiger partial charge on any atom is -0.505 e. The summed E-state index contributed by atoms with van der Waals surface area (Å²) >= 11 is 8.63. The maximum atomic E-state index is 13.7. The number of aliphatic hydroxyl groups is 1. The Kier molecular flexibility index (Phi) is 8.06. The topological polar surface area (TPSA) is 119 Å². The van der Waals surface area contributed by atoms with Crippen molar-refractivity contribution in [1.82, 2.24) is 19.6 Å². The molecule has 10 nitrogen and oxygen atoms in total. The highest BCUT2D eigenvalue weighted by atomic mass is 35.5. The first kappa shape index (κ1) is 29.7. The predicted molar refractivity (Wildman–Crippen MR) is 170 cm³/mol. The molecule has 0 bridgehead atoms. The number of fused-ring (bicyclic) bond motifs is 1. The molecule has 4 heterocycles. The molecule has 1 amide bonds. The van der Waals surface area contributed by atoms with Gasteiger partial charge < -0.3 is 19.0 Å². The van der Waals surface area contributed by atoms with E-state index in [2.05, 4.69) is 15.2 Å². The molecule has 0 spiro atoms. The Balaban J connectivity index is 1.46. The van der Waals surface area contributed by atoms with Gasteiger partial charge in [0.25, 0.3) is 5.78 Å². The fraction of sp³-hybridized carbons (Fsp3) is 0.194. The first-order chi connectivity index (χ1) is 21.2. The van der Waals surface area contributed by atoms with Crippen LogP contribution in [0.25, 0.3) is 11.4 Å². The number of aryl methyl sites for hydroxylation is 2. The fourth-order valence-electron chi connectivity index (χ4n) is 5.13. The molecule has 1 fully saturated rings. The molecule has 0 radical (unpaired) electrons. The van der Waals surface area contributed by atoms with Crippen LogP contribution in [0.2, 0.25) is 5.02 Å². The van der Waals surface area contributed by atoms with Crippen molar-refractivity contribution >= 4 is 62.9 Å². The smallest absolute Gasteiger partial charge is 0.301 e. The van der Waals surface area contributed by atoms with Gasteiger partial charge in [0, 0.05) is 17.0 Å². The summed E-state index contributed by atoms with van der Waals surface area (Å²) in [4.78, 5) is 33.4. The number of amides is 1. The first-order valence-electron chi connectivity index (χ1n) is 13.4. The van der Waals surface area contributed by atoms with Crippen molar-refractivity contribution in [3.63, 3.8) is 0 Å². The van der Waals surface area contributed by atoms with E-state index >= 15 is 0 Å². The van der Waals surface area contributed by atoms with Gasteiger partial charge in [0.2, 0.25) is 5.13 Å². The number of nitrogens with zero attached hydrogens (tertiary/aromatic N) is 5. The van der Waals surface area contributed by atoms with E-state index in [1.165, 1.54) is 42.2 Å². The van der Waals surface area contributed by atoms with Gasteiger partial charge >= 0.3 is 5.91 Å². The summed E-state index contributed by atoms with van der Waals surface area (Å²) in [6, 6.07) is 15.3. The van der Waals surface area contributed by atoms with E-state index in [-0.39, 0.29) is 22.2 Å². The quantitative estimate of drug-likeness (QED) is 0.0671. The monoisotopic (exact) mass is 647 g/mol. The van der Waals surface area contributed by atoms with E-state index in [0.29, 0.717) is 43.5 Å². The van der Waals surface area contributed by atoms with Crippen molar-refractivity contribution in [2.75, 3.05) is 19.1 Å². The van der Waals surface area contributed by atoms with Gasteiger partial charge in [-0.15, -0.1) is 10.2 Å². The average Bonchev–Trinajstić information content (AvgIpc) is 3.71. The van der Waals surface area contributed by atoms with Crippen LogP contribution >= 0.6 is 34.7 Å². The average molecular weight is 648 g/mol. The molecule has 3 aromatic heterocycles. The molecule has 1 saturated heterocycles. The zero-order chi connectivity index (χ0) is 31.1. The molecular weight excluding hydrogens is 622 g/mol. The number of benzene rings is 2. The number of hydrogen-bond donors (Lipinski definition) is 1. The number of Topliss-reactive ketones (excluding diaryl/α,β-unsaturated/α-hetero) is 1. The van der Waals surface area contributed by atoms with Crippen molar-refractivity contribution in [1.29, 1.82) is 0 Å². The molecule has 1 atom stereocenters. The number of aliphatic hydroxyl groups excluding tert-OH is 1. The Morgan fingerprint density at radius 1 is 1.05 bits per heavy atom. The van der Waals surface area contributed by atoms with Crippen LogP contribution in [0.3, 0.4) is 0 Å². The van der Waals surface area contributed by atoms with Crippen molar-refractivity contribution in [3.8, 4) is 11.5 Å². The molecule has 0 saturated carbocycles. The third-order valence-electron chi connectivity index (χ3n) is 7.35. The van der Waals surface area contributed by atoms with Gasteiger partial charge in [-0.25, -0.2) is 4.98 Å². The minimum absolute atomic E-state index is 0.114. The summed E-state index contributed by atoms with van der Waals surface area (Å²) in [6.45, 7) is 3.71. The van der Waals surface area contributed by atoms with E-state index in [1.807, 2.05) is 53.9 Å². The van der Waals surface area contributed by atoms with Crippen molar-refractivity contribution < 1.29 is 24.2 Å². The highest BCUT2D eigenvalue weighted by Gasteiger charge is 2.49. The van der Waals surface area contributed by atoms with Crippen LogP contribution in [0.1, 0.15) is 34.1 Å². The van der Waals surface area contributed by atoms with Gasteiger partial charge in [0.05, 0.1) is 31.5 Å². The lowest BCUT2D eigenvalue weighted by Gasteiger charge is -2.23. The van der Waals surface area contributed by atoms with Gasteiger partial charge in [-0.1, -0.05) is 59.0 Å². The molecule has 44 heavy (non-hydrogen) atoms. The Bertz CT molecular complexity index is 1950. The third-order valence-corrected chi connectivity index (χ3v) is 9.73. The number of imidazole rings is 1. The van der Waals surface area contributed by atoms with Crippen LogP contribution < -0.4 is 14.4 Å².